The third-order valence-corrected chi connectivity index (χ3v) is 4.87. The molecule has 0 aliphatic heterocycles. The lowest BCUT2D eigenvalue weighted by Crippen LogP contribution is -2.27. The maximum atomic E-state index is 11.8. The van der Waals surface area contributed by atoms with Crippen molar-refractivity contribution in [1.29, 1.82) is 0 Å². The first-order valence-corrected chi connectivity index (χ1v) is 8.40. The molecule has 0 aliphatic carbocycles. The van der Waals surface area contributed by atoms with Gasteiger partial charge in [0.1, 0.15) is 0 Å². The Bertz CT molecular complexity index is 641. The van der Waals surface area contributed by atoms with Gasteiger partial charge in [-0.2, -0.15) is 0 Å². The second-order valence-corrected chi connectivity index (χ2v) is 6.61. The zero-order chi connectivity index (χ0) is 15.2. The molecule has 2 rings (SSSR count). The molecule has 1 aromatic carbocycles. The van der Waals surface area contributed by atoms with E-state index in [-0.39, 0.29) is 18.2 Å². The summed E-state index contributed by atoms with van der Waals surface area (Å²) in [5.74, 6) is -0.246. The van der Waals surface area contributed by atoms with Gasteiger partial charge in [-0.3, -0.25) is 9.59 Å². The summed E-state index contributed by atoms with van der Waals surface area (Å²) in [6.07, 6.45) is 0.252. The van der Waals surface area contributed by atoms with E-state index in [0.29, 0.717) is 11.4 Å². The van der Waals surface area contributed by atoms with Crippen molar-refractivity contribution in [2.24, 2.45) is 0 Å². The molecule has 4 nitrogen and oxygen atoms in total. The maximum Gasteiger partial charge on any atom is 0.261 e. The average Bonchev–Trinajstić information content (AvgIpc) is 2.97. The third-order valence-electron chi connectivity index (χ3n) is 2.84. The first-order valence-electron chi connectivity index (χ1n) is 6.44. The van der Waals surface area contributed by atoms with Crippen LogP contribution < -0.4 is 10.6 Å². The molecule has 1 aromatic heterocycles. The number of halogens is 1. The van der Waals surface area contributed by atoms with Crippen molar-refractivity contribution in [1.82, 2.24) is 5.32 Å². The molecule has 6 heteroatoms. The Hall–Kier alpha value is -1.41. The number of thiophene rings is 1. The van der Waals surface area contributed by atoms with Crippen molar-refractivity contribution >= 4 is 51.4 Å². The van der Waals surface area contributed by atoms with Gasteiger partial charge in [0, 0.05) is 22.2 Å². The van der Waals surface area contributed by atoms with Crippen LogP contribution in [0.2, 0.25) is 0 Å². The lowest BCUT2D eigenvalue weighted by molar-refractivity contribution is -0.116. The molecule has 0 saturated heterocycles. The van der Waals surface area contributed by atoms with Gasteiger partial charge in [-0.15, -0.1) is 11.3 Å². The molecule has 0 spiro atoms. The summed E-state index contributed by atoms with van der Waals surface area (Å²) in [5.41, 5.74) is 1.95. The fraction of sp³-hybridized carbons (Fsp3) is 0.200. The van der Waals surface area contributed by atoms with Crippen LogP contribution in [0.15, 0.2) is 35.7 Å². The van der Waals surface area contributed by atoms with Gasteiger partial charge in [-0.05, 0) is 58.7 Å². The van der Waals surface area contributed by atoms with Crippen LogP contribution in [0.25, 0.3) is 0 Å². The number of carbonyl (C=O) groups excluding carboxylic acids is 2. The molecule has 0 bridgehead atoms. The quantitative estimate of drug-likeness (QED) is 0.737. The molecular weight excluding hydrogens is 399 g/mol. The zero-order valence-corrected chi connectivity index (χ0v) is 14.5. The molecule has 0 atom stereocenters. The van der Waals surface area contributed by atoms with E-state index in [2.05, 4.69) is 33.2 Å². The van der Waals surface area contributed by atoms with Crippen LogP contribution >= 0.6 is 33.9 Å². The highest BCUT2D eigenvalue weighted by Gasteiger charge is 2.08. The Labute approximate surface area is 141 Å². The molecule has 2 amide bonds. The number of aryl methyl sites for hydroxylation is 1. The van der Waals surface area contributed by atoms with E-state index in [1.807, 2.05) is 36.6 Å². The number of hydrogen-bond donors (Lipinski definition) is 2. The third kappa shape index (κ3) is 4.82. The molecule has 0 unspecified atom stereocenters. The van der Waals surface area contributed by atoms with Crippen LogP contribution in [-0.2, 0) is 4.79 Å². The maximum absolute atomic E-state index is 11.8. The van der Waals surface area contributed by atoms with Gasteiger partial charge in [0.15, 0.2) is 0 Å². The van der Waals surface area contributed by atoms with Crippen molar-refractivity contribution in [3.63, 3.8) is 0 Å². The number of nitrogens with one attached hydrogen (secondary N) is 2. The Morgan fingerprint density at radius 2 is 2.10 bits per heavy atom. The Morgan fingerprint density at radius 3 is 2.76 bits per heavy atom. The van der Waals surface area contributed by atoms with Gasteiger partial charge in [0.2, 0.25) is 5.91 Å². The van der Waals surface area contributed by atoms with Crippen molar-refractivity contribution in [3.05, 3.63) is 49.7 Å². The molecule has 0 saturated carbocycles. The van der Waals surface area contributed by atoms with E-state index < -0.39 is 0 Å². The summed E-state index contributed by atoms with van der Waals surface area (Å²) >= 11 is 3.61. The molecule has 21 heavy (non-hydrogen) atoms. The number of carbonyl (C=O) groups is 2. The van der Waals surface area contributed by atoms with Crippen LogP contribution in [-0.4, -0.2) is 18.4 Å². The van der Waals surface area contributed by atoms with Crippen molar-refractivity contribution in [3.8, 4) is 0 Å². The first kappa shape index (κ1) is 16.0. The number of rotatable bonds is 5. The fourth-order valence-corrected chi connectivity index (χ4v) is 2.83. The number of hydrogen-bond acceptors (Lipinski definition) is 3. The summed E-state index contributed by atoms with van der Waals surface area (Å²) in [6.45, 7) is 2.35. The highest BCUT2D eigenvalue weighted by Crippen LogP contribution is 2.17. The van der Waals surface area contributed by atoms with Crippen LogP contribution in [0.4, 0.5) is 5.69 Å². The van der Waals surface area contributed by atoms with Gasteiger partial charge >= 0.3 is 0 Å². The summed E-state index contributed by atoms with van der Waals surface area (Å²) < 4.78 is 1.11. The number of anilines is 1. The fourth-order valence-electron chi connectivity index (χ4n) is 1.68. The Morgan fingerprint density at radius 1 is 1.29 bits per heavy atom. The molecule has 110 valence electrons. The smallest absolute Gasteiger partial charge is 0.261 e. The topological polar surface area (TPSA) is 58.2 Å². The number of amides is 2. The van der Waals surface area contributed by atoms with E-state index in [9.17, 15) is 9.59 Å². The molecule has 0 fully saturated rings. The van der Waals surface area contributed by atoms with Crippen LogP contribution in [0.1, 0.15) is 21.7 Å². The standard InChI is InChI=1S/C15H15IN2O2S/c1-10-4-5-11(9-12(10)16)18-14(19)6-7-17-15(20)13-3-2-8-21-13/h2-5,8-9H,6-7H2,1H3,(H,17,20)(H,18,19). The molecule has 1 heterocycles. The summed E-state index contributed by atoms with van der Waals surface area (Å²) in [4.78, 5) is 24.2. The van der Waals surface area contributed by atoms with Gasteiger partial charge in [0.25, 0.3) is 5.91 Å². The molecule has 2 N–H and O–H groups in total. The predicted molar refractivity (Wildman–Crippen MR) is 93.8 cm³/mol. The van der Waals surface area contributed by atoms with Crippen LogP contribution in [0.3, 0.4) is 0 Å². The summed E-state index contributed by atoms with van der Waals surface area (Å²) in [5, 5.41) is 7.41. The van der Waals surface area contributed by atoms with E-state index in [1.54, 1.807) is 6.07 Å². The van der Waals surface area contributed by atoms with E-state index in [0.717, 1.165) is 9.26 Å². The van der Waals surface area contributed by atoms with Crippen LogP contribution in [0, 0.1) is 10.5 Å². The highest BCUT2D eigenvalue weighted by molar-refractivity contribution is 14.1. The van der Waals surface area contributed by atoms with Gasteiger partial charge in [0.05, 0.1) is 4.88 Å². The minimum Gasteiger partial charge on any atom is -0.351 e. The monoisotopic (exact) mass is 414 g/mol. The molecule has 2 aromatic rings. The van der Waals surface area contributed by atoms with Gasteiger partial charge in [-0.1, -0.05) is 12.1 Å². The largest absolute Gasteiger partial charge is 0.351 e. The summed E-state index contributed by atoms with van der Waals surface area (Å²) in [7, 11) is 0. The Balaban J connectivity index is 1.77. The Kier molecular flexibility index (Phi) is 5.75. The van der Waals surface area contributed by atoms with Crippen LogP contribution in [0.5, 0.6) is 0 Å². The lowest BCUT2D eigenvalue weighted by Gasteiger charge is -2.07. The average molecular weight is 414 g/mol. The molecule has 0 radical (unpaired) electrons. The van der Waals surface area contributed by atoms with Gasteiger partial charge < -0.3 is 10.6 Å². The lowest BCUT2D eigenvalue weighted by atomic mass is 10.2. The van der Waals surface area contributed by atoms with Crippen molar-refractivity contribution in [2.75, 3.05) is 11.9 Å². The van der Waals surface area contributed by atoms with E-state index >= 15 is 0 Å². The van der Waals surface area contributed by atoms with Crippen molar-refractivity contribution in [2.45, 2.75) is 13.3 Å². The van der Waals surface area contributed by atoms with E-state index in [4.69, 9.17) is 0 Å². The normalized spacial score (nSPS) is 10.2. The SMILES string of the molecule is Cc1ccc(NC(=O)CCNC(=O)c2cccs2)cc1I. The van der Waals surface area contributed by atoms with E-state index in [1.165, 1.54) is 16.9 Å². The second-order valence-electron chi connectivity index (χ2n) is 4.50. The van der Waals surface area contributed by atoms with Crippen molar-refractivity contribution < 1.29 is 9.59 Å². The summed E-state index contributed by atoms with van der Waals surface area (Å²) in [6, 6.07) is 9.35. The molecule has 0 aliphatic rings. The highest BCUT2D eigenvalue weighted by atomic mass is 127. The number of benzene rings is 1. The molecular formula is C15H15IN2O2S. The second kappa shape index (κ2) is 7.56. The zero-order valence-electron chi connectivity index (χ0n) is 11.5. The van der Waals surface area contributed by atoms with Gasteiger partial charge in [-0.25, -0.2) is 0 Å². The minimum absolute atomic E-state index is 0.110. The predicted octanol–water partition coefficient (Wildman–Crippen LogP) is 3.42. The minimum atomic E-state index is -0.136. The first-order chi connectivity index (χ1) is 10.1.